The van der Waals surface area contributed by atoms with Crippen LogP contribution in [0.5, 0.6) is 0 Å². The molecule has 1 fully saturated rings. The topological polar surface area (TPSA) is 67.2 Å². The molecule has 0 amide bonds. The molecule has 2 rings (SSSR count). The minimum absolute atomic E-state index is 0.296. The molecule has 2 N–H and O–H groups in total. The molecule has 2 unspecified atom stereocenters. The maximum absolute atomic E-state index is 11.1. The van der Waals surface area contributed by atoms with E-state index in [4.69, 9.17) is 5.11 Å². The van der Waals surface area contributed by atoms with Gasteiger partial charge in [-0.05, 0) is 19.3 Å². The predicted molar refractivity (Wildman–Crippen MR) is 60.7 cm³/mol. The molecule has 0 bridgehead atoms. The fourth-order valence-electron chi connectivity index (χ4n) is 2.13. The van der Waals surface area contributed by atoms with Crippen LogP contribution in [0.4, 0.5) is 5.82 Å². The number of carboxylic acids is 1. The number of aryl methyl sites for hydroxylation is 2. The van der Waals surface area contributed by atoms with Gasteiger partial charge in [0.05, 0.1) is 5.69 Å². The van der Waals surface area contributed by atoms with Crippen molar-refractivity contribution >= 4 is 11.8 Å². The summed E-state index contributed by atoms with van der Waals surface area (Å²) in [4.78, 5) is 11.1. The Labute approximate surface area is 94.5 Å². The lowest BCUT2D eigenvalue weighted by Crippen LogP contribution is -2.12. The number of aromatic nitrogens is 2. The Hall–Kier alpha value is -1.52. The summed E-state index contributed by atoms with van der Waals surface area (Å²) in [7, 11) is 1.77. The van der Waals surface area contributed by atoms with Crippen molar-refractivity contribution in [2.45, 2.75) is 32.7 Å². The van der Waals surface area contributed by atoms with Crippen molar-refractivity contribution in [3.05, 3.63) is 11.3 Å². The molecule has 1 saturated carbocycles. The van der Waals surface area contributed by atoms with E-state index in [1.165, 1.54) is 0 Å². The van der Waals surface area contributed by atoms with Crippen molar-refractivity contribution in [3.8, 4) is 0 Å². The van der Waals surface area contributed by atoms with Gasteiger partial charge in [0, 0.05) is 13.1 Å². The highest BCUT2D eigenvalue weighted by molar-refractivity contribution is 5.94. The van der Waals surface area contributed by atoms with Crippen LogP contribution in [0.1, 0.15) is 35.8 Å². The Morgan fingerprint density at radius 3 is 2.88 bits per heavy atom. The normalized spacial score (nSPS) is 23.2. The fraction of sp³-hybridized carbons (Fsp3) is 0.636. The van der Waals surface area contributed by atoms with E-state index in [9.17, 15) is 4.79 Å². The Balaban J connectivity index is 2.23. The standard InChI is InChI=1S/C11H17N3O2/c1-4-7-5-8(7)12-10-9(11(15)16)6(2)13-14(10)3/h7-8,12H,4-5H2,1-3H3,(H,15,16). The number of hydrogen-bond donors (Lipinski definition) is 2. The van der Waals surface area contributed by atoms with Gasteiger partial charge < -0.3 is 10.4 Å². The first kappa shape index (κ1) is 11.0. The number of nitrogens with zero attached hydrogens (tertiary/aromatic N) is 2. The second-order valence-electron chi connectivity index (χ2n) is 4.39. The van der Waals surface area contributed by atoms with Crippen LogP contribution in [0.25, 0.3) is 0 Å². The Morgan fingerprint density at radius 1 is 1.69 bits per heavy atom. The van der Waals surface area contributed by atoms with Crippen LogP contribution in [0.2, 0.25) is 0 Å². The van der Waals surface area contributed by atoms with Crippen LogP contribution >= 0.6 is 0 Å². The van der Waals surface area contributed by atoms with Crippen molar-refractivity contribution in [2.75, 3.05) is 5.32 Å². The highest BCUT2D eigenvalue weighted by Crippen LogP contribution is 2.37. The van der Waals surface area contributed by atoms with Crippen LogP contribution < -0.4 is 5.32 Å². The predicted octanol–water partition coefficient (Wildman–Crippen LogP) is 1.64. The summed E-state index contributed by atoms with van der Waals surface area (Å²) < 4.78 is 1.61. The van der Waals surface area contributed by atoms with Gasteiger partial charge in [-0.15, -0.1) is 0 Å². The van der Waals surface area contributed by atoms with E-state index in [1.54, 1.807) is 18.7 Å². The highest BCUT2D eigenvalue weighted by atomic mass is 16.4. The number of carboxylic acid groups (broad SMARTS) is 1. The van der Waals surface area contributed by atoms with Crippen LogP contribution in [0.3, 0.4) is 0 Å². The zero-order valence-corrected chi connectivity index (χ0v) is 9.82. The number of aromatic carboxylic acids is 1. The van der Waals surface area contributed by atoms with Gasteiger partial charge in [-0.3, -0.25) is 4.68 Å². The lowest BCUT2D eigenvalue weighted by atomic mass is 10.2. The van der Waals surface area contributed by atoms with Gasteiger partial charge in [0.1, 0.15) is 11.4 Å². The summed E-state index contributed by atoms with van der Waals surface area (Å²) >= 11 is 0. The maximum Gasteiger partial charge on any atom is 0.341 e. The third-order valence-electron chi connectivity index (χ3n) is 3.21. The van der Waals surface area contributed by atoms with E-state index >= 15 is 0 Å². The molecule has 5 heteroatoms. The van der Waals surface area contributed by atoms with E-state index < -0.39 is 5.97 Å². The van der Waals surface area contributed by atoms with E-state index in [2.05, 4.69) is 17.3 Å². The molecule has 88 valence electrons. The van der Waals surface area contributed by atoms with Crippen LogP contribution in [0.15, 0.2) is 0 Å². The molecule has 0 aliphatic heterocycles. The van der Waals surface area contributed by atoms with Crippen molar-refractivity contribution in [1.82, 2.24) is 9.78 Å². The molecule has 1 aliphatic carbocycles. The summed E-state index contributed by atoms with van der Waals surface area (Å²) in [6.07, 6.45) is 2.26. The summed E-state index contributed by atoms with van der Waals surface area (Å²) in [6.45, 7) is 3.87. The van der Waals surface area contributed by atoms with Gasteiger partial charge in [-0.25, -0.2) is 4.79 Å². The summed E-state index contributed by atoms with van der Waals surface area (Å²) in [5, 5.41) is 16.5. The minimum Gasteiger partial charge on any atom is -0.477 e. The Morgan fingerprint density at radius 2 is 2.38 bits per heavy atom. The molecular weight excluding hydrogens is 206 g/mol. The summed E-state index contributed by atoms with van der Waals surface area (Å²) in [5.74, 6) is 0.393. The molecule has 0 aromatic carbocycles. The third-order valence-corrected chi connectivity index (χ3v) is 3.21. The summed E-state index contributed by atoms with van der Waals surface area (Å²) in [5.41, 5.74) is 0.857. The molecule has 1 heterocycles. The highest BCUT2D eigenvalue weighted by Gasteiger charge is 2.37. The van der Waals surface area contributed by atoms with Crippen LogP contribution in [0, 0.1) is 12.8 Å². The SMILES string of the molecule is CCC1CC1Nc1c(C(=O)O)c(C)nn1C. The zero-order chi connectivity index (χ0) is 11.9. The molecule has 0 radical (unpaired) electrons. The van der Waals surface area contributed by atoms with Gasteiger partial charge >= 0.3 is 5.97 Å². The van der Waals surface area contributed by atoms with Gasteiger partial charge in [0.15, 0.2) is 0 Å². The second kappa shape index (κ2) is 3.81. The molecule has 0 spiro atoms. The molecule has 1 aliphatic rings. The van der Waals surface area contributed by atoms with Crippen LogP contribution in [-0.2, 0) is 7.05 Å². The average Bonchev–Trinajstić information content (AvgIpc) is 2.88. The number of anilines is 1. The Bertz CT molecular complexity index is 425. The van der Waals surface area contributed by atoms with Gasteiger partial charge in [0.2, 0.25) is 0 Å². The lowest BCUT2D eigenvalue weighted by Gasteiger charge is -2.07. The first-order valence-corrected chi connectivity index (χ1v) is 5.58. The van der Waals surface area contributed by atoms with Gasteiger partial charge in [-0.1, -0.05) is 13.3 Å². The summed E-state index contributed by atoms with van der Waals surface area (Å²) in [6, 6.07) is 0.415. The first-order valence-electron chi connectivity index (χ1n) is 5.58. The molecule has 1 aromatic rings. The monoisotopic (exact) mass is 223 g/mol. The van der Waals surface area contributed by atoms with Gasteiger partial charge in [-0.2, -0.15) is 5.10 Å². The molecule has 16 heavy (non-hydrogen) atoms. The van der Waals surface area contributed by atoms with Crippen molar-refractivity contribution < 1.29 is 9.90 Å². The quantitative estimate of drug-likeness (QED) is 0.814. The number of nitrogens with one attached hydrogen (secondary N) is 1. The average molecular weight is 223 g/mol. The fourth-order valence-corrected chi connectivity index (χ4v) is 2.13. The first-order chi connectivity index (χ1) is 7.54. The number of rotatable bonds is 4. The minimum atomic E-state index is -0.915. The molecule has 2 atom stereocenters. The molecular formula is C11H17N3O2. The molecule has 5 nitrogen and oxygen atoms in total. The third kappa shape index (κ3) is 1.77. The van der Waals surface area contributed by atoms with Crippen LogP contribution in [-0.4, -0.2) is 26.9 Å². The number of carbonyl (C=O) groups is 1. The second-order valence-corrected chi connectivity index (χ2v) is 4.39. The largest absolute Gasteiger partial charge is 0.477 e. The van der Waals surface area contributed by atoms with E-state index in [1.807, 2.05) is 0 Å². The lowest BCUT2D eigenvalue weighted by molar-refractivity contribution is 0.0697. The molecule has 1 aromatic heterocycles. The van der Waals surface area contributed by atoms with Crippen molar-refractivity contribution in [2.24, 2.45) is 13.0 Å². The van der Waals surface area contributed by atoms with Crippen molar-refractivity contribution in [3.63, 3.8) is 0 Å². The Kier molecular flexibility index (Phi) is 2.61. The van der Waals surface area contributed by atoms with Gasteiger partial charge in [0.25, 0.3) is 0 Å². The number of hydrogen-bond acceptors (Lipinski definition) is 3. The van der Waals surface area contributed by atoms with E-state index in [-0.39, 0.29) is 0 Å². The van der Waals surface area contributed by atoms with Crippen molar-refractivity contribution in [1.29, 1.82) is 0 Å². The smallest absolute Gasteiger partial charge is 0.341 e. The maximum atomic E-state index is 11.1. The molecule has 0 saturated heterocycles. The van der Waals surface area contributed by atoms with E-state index in [0.29, 0.717) is 29.0 Å². The van der Waals surface area contributed by atoms with E-state index in [0.717, 1.165) is 12.8 Å². The zero-order valence-electron chi connectivity index (χ0n) is 9.82.